The zero-order valence-electron chi connectivity index (χ0n) is 24.2. The van der Waals surface area contributed by atoms with Gasteiger partial charge in [-0.2, -0.15) is 0 Å². The standard InChI is InChI=1S/C40H27N3OS/c44-36-21-8-5-19-32(36)39-40-33(31-18-6-9-22-37(31)45-40)26-34(42-39)28-15-12-16-29(25-28)43(38-23-10-11-24-41-38)35-20-7-4-17-30(35)27-13-2-1-3-14-27/h1-26,44H. The van der Waals surface area contributed by atoms with Crippen LogP contribution in [0.4, 0.5) is 17.2 Å². The van der Waals surface area contributed by atoms with E-state index in [1.54, 1.807) is 17.4 Å². The summed E-state index contributed by atoms with van der Waals surface area (Å²) in [5, 5.41) is 13.2. The quantitative estimate of drug-likeness (QED) is 0.207. The van der Waals surface area contributed by atoms with Gasteiger partial charge in [0, 0.05) is 44.0 Å². The van der Waals surface area contributed by atoms with Gasteiger partial charge in [-0.3, -0.25) is 4.90 Å². The van der Waals surface area contributed by atoms with E-state index in [-0.39, 0.29) is 5.75 Å². The highest BCUT2D eigenvalue weighted by Gasteiger charge is 2.20. The van der Waals surface area contributed by atoms with Gasteiger partial charge in [0.15, 0.2) is 0 Å². The second-order valence-electron chi connectivity index (χ2n) is 10.8. The molecule has 0 saturated carbocycles. The van der Waals surface area contributed by atoms with Crippen LogP contribution in [0.1, 0.15) is 0 Å². The van der Waals surface area contributed by atoms with Gasteiger partial charge in [0.05, 0.1) is 21.8 Å². The van der Waals surface area contributed by atoms with Crippen LogP contribution in [-0.2, 0) is 0 Å². The van der Waals surface area contributed by atoms with Gasteiger partial charge < -0.3 is 5.11 Å². The van der Waals surface area contributed by atoms with Gasteiger partial charge >= 0.3 is 0 Å². The van der Waals surface area contributed by atoms with Crippen molar-refractivity contribution >= 4 is 48.7 Å². The lowest BCUT2D eigenvalue weighted by Crippen LogP contribution is -2.12. The highest BCUT2D eigenvalue weighted by Crippen LogP contribution is 2.44. The first-order valence-corrected chi connectivity index (χ1v) is 15.6. The van der Waals surface area contributed by atoms with Crippen molar-refractivity contribution in [3.05, 3.63) is 158 Å². The molecule has 0 atom stereocenters. The Balaban J connectivity index is 1.34. The molecule has 3 heterocycles. The number of hydrogen-bond acceptors (Lipinski definition) is 5. The Morgan fingerprint density at radius 1 is 0.578 bits per heavy atom. The fraction of sp³-hybridized carbons (Fsp3) is 0. The van der Waals surface area contributed by atoms with Crippen molar-refractivity contribution in [1.29, 1.82) is 0 Å². The van der Waals surface area contributed by atoms with Crippen LogP contribution >= 0.6 is 11.3 Å². The summed E-state index contributed by atoms with van der Waals surface area (Å²) in [5.41, 5.74) is 7.55. The third-order valence-corrected chi connectivity index (χ3v) is 9.22. The minimum atomic E-state index is 0.216. The molecule has 8 aromatic rings. The molecular weight excluding hydrogens is 571 g/mol. The van der Waals surface area contributed by atoms with Gasteiger partial charge in [-0.15, -0.1) is 11.3 Å². The van der Waals surface area contributed by atoms with E-state index >= 15 is 0 Å². The predicted octanol–water partition coefficient (Wildman–Crippen LogP) is 11.0. The second-order valence-corrected chi connectivity index (χ2v) is 11.9. The summed E-state index contributed by atoms with van der Waals surface area (Å²) in [5.74, 6) is 1.04. The van der Waals surface area contributed by atoms with Gasteiger partial charge in [-0.1, -0.05) is 97.1 Å². The minimum absolute atomic E-state index is 0.216. The van der Waals surface area contributed by atoms with Crippen molar-refractivity contribution in [3.63, 3.8) is 0 Å². The van der Waals surface area contributed by atoms with E-state index in [2.05, 4.69) is 108 Å². The monoisotopic (exact) mass is 597 g/mol. The molecule has 3 aromatic heterocycles. The molecular formula is C40H27N3OS. The third kappa shape index (κ3) is 4.89. The van der Waals surface area contributed by atoms with Crippen LogP contribution in [0.3, 0.4) is 0 Å². The number of aromatic hydroxyl groups is 1. The molecule has 5 heteroatoms. The van der Waals surface area contributed by atoms with Gasteiger partial charge in [0.25, 0.3) is 0 Å². The Morgan fingerprint density at radius 3 is 2.16 bits per heavy atom. The SMILES string of the molecule is Oc1ccccc1-c1nc(-c2cccc(N(c3ccccn3)c3ccccc3-c3ccccc3)c2)cc2c1sc1ccccc12. The van der Waals surface area contributed by atoms with Gasteiger partial charge in [-0.05, 0) is 60.2 Å². The summed E-state index contributed by atoms with van der Waals surface area (Å²) < 4.78 is 2.25. The first kappa shape index (κ1) is 26.8. The highest BCUT2D eigenvalue weighted by molar-refractivity contribution is 7.26. The number of hydrogen-bond donors (Lipinski definition) is 1. The van der Waals surface area contributed by atoms with Crippen LogP contribution in [-0.4, -0.2) is 15.1 Å². The van der Waals surface area contributed by atoms with E-state index in [0.717, 1.165) is 60.9 Å². The summed E-state index contributed by atoms with van der Waals surface area (Å²) in [7, 11) is 0. The van der Waals surface area contributed by atoms with Gasteiger partial charge in [0.2, 0.25) is 0 Å². The number of anilines is 3. The average molecular weight is 598 g/mol. The molecule has 0 bridgehead atoms. The number of phenolic OH excluding ortho intramolecular Hbond substituents is 1. The highest BCUT2D eigenvalue weighted by atomic mass is 32.1. The van der Waals surface area contributed by atoms with Crippen molar-refractivity contribution < 1.29 is 5.11 Å². The molecule has 0 radical (unpaired) electrons. The predicted molar refractivity (Wildman–Crippen MR) is 188 cm³/mol. The fourth-order valence-electron chi connectivity index (χ4n) is 5.94. The van der Waals surface area contributed by atoms with Crippen LogP contribution in [0.15, 0.2) is 158 Å². The number of phenols is 1. The molecule has 0 aliphatic carbocycles. The van der Waals surface area contributed by atoms with Crippen LogP contribution < -0.4 is 4.90 Å². The Kier molecular flexibility index (Phi) is 6.78. The molecule has 0 aliphatic rings. The molecule has 214 valence electrons. The normalized spacial score (nSPS) is 11.2. The first-order chi connectivity index (χ1) is 22.2. The van der Waals surface area contributed by atoms with Crippen LogP contribution in [0.25, 0.3) is 53.8 Å². The zero-order chi connectivity index (χ0) is 30.2. The largest absolute Gasteiger partial charge is 0.507 e. The number of para-hydroxylation sites is 2. The summed E-state index contributed by atoms with van der Waals surface area (Å²) in [6.07, 6.45) is 1.83. The number of fused-ring (bicyclic) bond motifs is 3. The lowest BCUT2D eigenvalue weighted by Gasteiger charge is -2.27. The van der Waals surface area contributed by atoms with E-state index in [9.17, 15) is 5.11 Å². The second kappa shape index (κ2) is 11.4. The lowest BCUT2D eigenvalue weighted by atomic mass is 10.0. The number of pyridine rings is 2. The van der Waals surface area contributed by atoms with E-state index in [1.807, 2.05) is 48.7 Å². The Bertz CT molecular complexity index is 2300. The van der Waals surface area contributed by atoms with Crippen molar-refractivity contribution in [2.75, 3.05) is 4.90 Å². The number of thiophene rings is 1. The lowest BCUT2D eigenvalue weighted by molar-refractivity contribution is 0.477. The van der Waals surface area contributed by atoms with E-state index < -0.39 is 0 Å². The van der Waals surface area contributed by atoms with Gasteiger partial charge in [0.1, 0.15) is 11.6 Å². The molecule has 0 fully saturated rings. The summed E-state index contributed by atoms with van der Waals surface area (Å²) in [6, 6.07) is 51.4. The van der Waals surface area contributed by atoms with E-state index in [4.69, 9.17) is 9.97 Å². The average Bonchev–Trinajstić information content (AvgIpc) is 3.48. The minimum Gasteiger partial charge on any atom is -0.507 e. The molecule has 0 spiro atoms. The maximum Gasteiger partial charge on any atom is 0.137 e. The molecule has 0 aliphatic heterocycles. The van der Waals surface area contributed by atoms with Crippen LogP contribution in [0, 0.1) is 0 Å². The Labute approximate surface area is 265 Å². The molecule has 0 saturated heterocycles. The maximum absolute atomic E-state index is 10.9. The number of rotatable bonds is 6. The van der Waals surface area contributed by atoms with Crippen molar-refractivity contribution in [2.24, 2.45) is 0 Å². The summed E-state index contributed by atoms with van der Waals surface area (Å²) in [6.45, 7) is 0. The van der Waals surface area contributed by atoms with Crippen molar-refractivity contribution in [3.8, 4) is 39.4 Å². The Hall–Kier alpha value is -5.78. The zero-order valence-corrected chi connectivity index (χ0v) is 25.0. The first-order valence-electron chi connectivity index (χ1n) is 14.8. The Morgan fingerprint density at radius 2 is 1.31 bits per heavy atom. The number of nitrogens with zero attached hydrogens (tertiary/aromatic N) is 3. The topological polar surface area (TPSA) is 49.3 Å². The third-order valence-electron chi connectivity index (χ3n) is 8.03. The summed E-state index contributed by atoms with van der Waals surface area (Å²) in [4.78, 5) is 12.2. The number of aromatic nitrogens is 2. The molecule has 45 heavy (non-hydrogen) atoms. The molecule has 1 N–H and O–H groups in total. The van der Waals surface area contributed by atoms with Crippen LogP contribution in [0.5, 0.6) is 5.75 Å². The smallest absolute Gasteiger partial charge is 0.137 e. The number of benzene rings is 5. The molecule has 8 rings (SSSR count). The van der Waals surface area contributed by atoms with Crippen LogP contribution in [0.2, 0.25) is 0 Å². The van der Waals surface area contributed by atoms with E-state index in [0.29, 0.717) is 0 Å². The van der Waals surface area contributed by atoms with Crippen molar-refractivity contribution in [2.45, 2.75) is 0 Å². The van der Waals surface area contributed by atoms with Crippen molar-refractivity contribution in [1.82, 2.24) is 9.97 Å². The molecule has 0 amide bonds. The molecule has 5 aromatic carbocycles. The molecule has 0 unspecified atom stereocenters. The molecule has 4 nitrogen and oxygen atoms in total. The fourth-order valence-corrected chi connectivity index (χ4v) is 7.13. The summed E-state index contributed by atoms with van der Waals surface area (Å²) >= 11 is 1.71. The van der Waals surface area contributed by atoms with E-state index in [1.165, 1.54) is 10.1 Å². The maximum atomic E-state index is 10.9. The van der Waals surface area contributed by atoms with Gasteiger partial charge in [-0.25, -0.2) is 9.97 Å².